The summed E-state index contributed by atoms with van der Waals surface area (Å²) in [5, 5.41) is 7.13. The highest BCUT2D eigenvalue weighted by molar-refractivity contribution is 7.26. The number of hydrogen-bond donors (Lipinski definition) is 0. The lowest BCUT2D eigenvalue weighted by Gasteiger charge is -2.27. The topological polar surface area (TPSA) is 21.3 Å². The molecule has 0 unspecified atom stereocenters. The summed E-state index contributed by atoms with van der Waals surface area (Å²) in [5.74, 6) is 0. The first-order valence-corrected chi connectivity index (χ1v) is 22.6. The second-order valence-electron chi connectivity index (χ2n) is 16.5. The quantitative estimate of drug-likeness (QED) is 0.159. The van der Waals surface area contributed by atoms with E-state index in [1.165, 1.54) is 69.8 Å². The molecule has 0 atom stereocenters. The fourth-order valence-corrected chi connectivity index (χ4v) is 11.1. The maximum absolute atomic E-state index is 6.80. The first kappa shape index (κ1) is 36.5. The van der Waals surface area contributed by atoms with Crippen molar-refractivity contribution in [3.05, 3.63) is 231 Å². The summed E-state index contributed by atoms with van der Waals surface area (Å²) in [5.41, 5.74) is 15.5. The third-order valence-corrected chi connectivity index (χ3v) is 14.0. The fourth-order valence-electron chi connectivity index (χ4n) is 9.82. The maximum Gasteiger partial charge on any atom is 0.137 e. The van der Waals surface area contributed by atoms with Gasteiger partial charge in [-0.25, -0.2) is 0 Å². The van der Waals surface area contributed by atoms with Crippen molar-refractivity contribution in [1.82, 2.24) is 4.57 Å². The predicted molar refractivity (Wildman–Crippen MR) is 272 cm³/mol. The molecule has 0 aliphatic rings. The Morgan fingerprint density at radius 3 is 1.62 bits per heavy atom. The molecule has 0 amide bonds. The van der Waals surface area contributed by atoms with E-state index in [1.807, 2.05) is 11.3 Å². The van der Waals surface area contributed by atoms with Crippen molar-refractivity contribution in [2.75, 3.05) is 4.90 Å². The van der Waals surface area contributed by atoms with Gasteiger partial charge in [0.2, 0.25) is 0 Å². The number of furan rings is 1. The van der Waals surface area contributed by atoms with Crippen LogP contribution < -0.4 is 4.90 Å². The average Bonchev–Trinajstić information content (AvgIpc) is 4.04. The molecule has 0 fully saturated rings. The Morgan fingerprint density at radius 2 is 0.938 bits per heavy atom. The summed E-state index contributed by atoms with van der Waals surface area (Å²) in [7, 11) is 0. The van der Waals surface area contributed by atoms with Gasteiger partial charge in [-0.1, -0.05) is 158 Å². The number of nitrogens with zero attached hydrogens (tertiary/aromatic N) is 2. The number of thiophene rings is 1. The van der Waals surface area contributed by atoms with E-state index in [4.69, 9.17) is 4.42 Å². The van der Waals surface area contributed by atoms with Crippen LogP contribution in [-0.4, -0.2) is 4.57 Å². The summed E-state index contributed by atoms with van der Waals surface area (Å²) in [4.78, 5) is 2.44. The molecule has 0 aliphatic carbocycles. The smallest absolute Gasteiger partial charge is 0.137 e. The zero-order valence-corrected chi connectivity index (χ0v) is 35.5. The van der Waals surface area contributed by atoms with Gasteiger partial charge in [-0.05, 0) is 100 Å². The molecule has 13 rings (SSSR count). The van der Waals surface area contributed by atoms with Gasteiger partial charge >= 0.3 is 0 Å². The third kappa shape index (κ3) is 5.88. The second-order valence-corrected chi connectivity index (χ2v) is 17.5. The minimum atomic E-state index is 0.848. The van der Waals surface area contributed by atoms with E-state index in [1.54, 1.807) is 0 Å². The molecule has 0 saturated carbocycles. The predicted octanol–water partition coefficient (Wildman–Crippen LogP) is 17.5. The number of aromatic nitrogens is 1. The Hall–Kier alpha value is -8.18. The average molecular weight is 835 g/mol. The van der Waals surface area contributed by atoms with Gasteiger partial charge in [-0.3, -0.25) is 0 Å². The number of hydrogen-bond acceptors (Lipinski definition) is 3. The van der Waals surface area contributed by atoms with Gasteiger partial charge in [0, 0.05) is 64.8 Å². The molecule has 0 aliphatic heterocycles. The van der Waals surface area contributed by atoms with E-state index >= 15 is 0 Å². The SMILES string of the molecule is c1ccc(-c2ccc3c(c2)oc2cc(N(c4cccc(-n5c6ccccc6c6ccccc65)c4)c4ccc(-c5ccccc5)c5sc6cc(-c7ccccc7)ccc6c45)ccc23)cc1. The van der Waals surface area contributed by atoms with Crippen LogP contribution in [0.1, 0.15) is 0 Å². The van der Waals surface area contributed by atoms with Gasteiger partial charge in [0.25, 0.3) is 0 Å². The molecule has 3 heterocycles. The van der Waals surface area contributed by atoms with Crippen molar-refractivity contribution in [2.45, 2.75) is 0 Å². The van der Waals surface area contributed by atoms with Crippen LogP contribution in [0.2, 0.25) is 0 Å². The first-order chi connectivity index (χ1) is 31.7. The van der Waals surface area contributed by atoms with Crippen molar-refractivity contribution < 1.29 is 4.42 Å². The van der Waals surface area contributed by atoms with Crippen LogP contribution in [0.3, 0.4) is 0 Å². The number of benzene rings is 10. The Bertz CT molecular complexity index is 3850. The third-order valence-electron chi connectivity index (χ3n) is 12.8. The summed E-state index contributed by atoms with van der Waals surface area (Å²) >= 11 is 1.87. The van der Waals surface area contributed by atoms with Crippen LogP contribution in [0, 0.1) is 0 Å². The monoisotopic (exact) mass is 834 g/mol. The summed E-state index contributed by atoms with van der Waals surface area (Å²) in [6.45, 7) is 0. The molecule has 64 heavy (non-hydrogen) atoms. The molecule has 10 aromatic carbocycles. The second kappa shape index (κ2) is 14.7. The summed E-state index contributed by atoms with van der Waals surface area (Å²) < 4.78 is 11.7. The van der Waals surface area contributed by atoms with Crippen LogP contribution in [0.15, 0.2) is 235 Å². The largest absolute Gasteiger partial charge is 0.456 e. The van der Waals surface area contributed by atoms with Crippen LogP contribution in [0.25, 0.3) is 103 Å². The van der Waals surface area contributed by atoms with Gasteiger partial charge in [0.1, 0.15) is 11.2 Å². The Labute approximate surface area is 373 Å². The van der Waals surface area contributed by atoms with E-state index in [2.05, 4.69) is 240 Å². The lowest BCUT2D eigenvalue weighted by molar-refractivity contribution is 0.669. The standard InChI is InChI=1S/C60H38N2OS/c1-4-15-39(16-5-1)42-27-30-50-51-32-29-46(38-57(51)63-56(50)35-42)61(44-21-14-22-45(37-44)62-53-25-12-10-23-48(53)49-24-11-13-26-54(49)62)55-34-33-47(41-19-8-3-9-20-41)60-59(55)52-31-28-43(36-58(52)64-60)40-17-6-2-7-18-40/h1-38H. The molecule has 0 bridgehead atoms. The van der Waals surface area contributed by atoms with Crippen LogP contribution in [-0.2, 0) is 0 Å². The van der Waals surface area contributed by atoms with Gasteiger partial charge < -0.3 is 13.9 Å². The van der Waals surface area contributed by atoms with Gasteiger partial charge in [0.05, 0.1) is 16.7 Å². The van der Waals surface area contributed by atoms with E-state index in [0.717, 1.165) is 50.3 Å². The number of para-hydroxylation sites is 2. The van der Waals surface area contributed by atoms with Gasteiger partial charge in [-0.15, -0.1) is 11.3 Å². The molecular formula is C60H38N2OS. The zero-order chi connectivity index (χ0) is 42.1. The lowest BCUT2D eigenvalue weighted by Crippen LogP contribution is -2.11. The minimum Gasteiger partial charge on any atom is -0.456 e. The van der Waals surface area contributed by atoms with Crippen LogP contribution in [0.5, 0.6) is 0 Å². The van der Waals surface area contributed by atoms with E-state index in [0.29, 0.717) is 0 Å². The molecule has 0 saturated heterocycles. The van der Waals surface area contributed by atoms with Crippen molar-refractivity contribution in [2.24, 2.45) is 0 Å². The molecule has 300 valence electrons. The van der Waals surface area contributed by atoms with Crippen LogP contribution >= 0.6 is 11.3 Å². The number of rotatable bonds is 7. The Morgan fingerprint density at radius 1 is 0.375 bits per heavy atom. The molecule has 0 spiro atoms. The lowest BCUT2D eigenvalue weighted by atomic mass is 9.98. The van der Waals surface area contributed by atoms with E-state index in [9.17, 15) is 0 Å². The normalized spacial score (nSPS) is 11.8. The van der Waals surface area contributed by atoms with Gasteiger partial charge in [0.15, 0.2) is 0 Å². The van der Waals surface area contributed by atoms with E-state index < -0.39 is 0 Å². The zero-order valence-electron chi connectivity index (χ0n) is 34.7. The highest BCUT2D eigenvalue weighted by atomic mass is 32.1. The highest BCUT2D eigenvalue weighted by Gasteiger charge is 2.23. The minimum absolute atomic E-state index is 0.848. The fraction of sp³-hybridized carbons (Fsp3) is 0. The number of anilines is 3. The summed E-state index contributed by atoms with van der Waals surface area (Å²) in [6.07, 6.45) is 0. The van der Waals surface area contributed by atoms with Crippen LogP contribution in [0.4, 0.5) is 17.1 Å². The molecule has 13 aromatic rings. The molecule has 3 aromatic heterocycles. The van der Waals surface area contributed by atoms with Gasteiger partial charge in [-0.2, -0.15) is 0 Å². The molecule has 0 N–H and O–H groups in total. The molecule has 0 radical (unpaired) electrons. The van der Waals surface area contributed by atoms with Crippen molar-refractivity contribution in [3.63, 3.8) is 0 Å². The van der Waals surface area contributed by atoms with Crippen molar-refractivity contribution in [1.29, 1.82) is 0 Å². The molecule has 3 nitrogen and oxygen atoms in total. The Kier molecular flexibility index (Phi) is 8.40. The van der Waals surface area contributed by atoms with Crippen molar-refractivity contribution >= 4 is 92.3 Å². The molecular weight excluding hydrogens is 797 g/mol. The number of fused-ring (bicyclic) bond motifs is 9. The first-order valence-electron chi connectivity index (χ1n) is 21.7. The highest BCUT2D eigenvalue weighted by Crippen LogP contribution is 2.50. The summed E-state index contributed by atoms with van der Waals surface area (Å²) in [6, 6.07) is 83.3. The Balaban J connectivity index is 1.07. The van der Waals surface area contributed by atoms with Crippen molar-refractivity contribution in [3.8, 4) is 39.1 Å². The molecule has 4 heteroatoms. The maximum atomic E-state index is 6.80. The van der Waals surface area contributed by atoms with E-state index in [-0.39, 0.29) is 0 Å².